The van der Waals surface area contributed by atoms with Crippen molar-refractivity contribution >= 4 is 22.9 Å². The summed E-state index contributed by atoms with van der Waals surface area (Å²) in [5.41, 5.74) is 3.61. The first-order valence-corrected chi connectivity index (χ1v) is 6.05. The molecule has 0 bridgehead atoms. The molecule has 0 fully saturated rings. The Bertz CT molecular complexity index is 533. The molecule has 0 aliphatic heterocycles. The molecule has 0 unspecified atom stereocenters. The molecule has 17 heavy (non-hydrogen) atoms. The number of fused-ring (bicyclic) bond motifs is 1. The van der Waals surface area contributed by atoms with Crippen molar-refractivity contribution in [1.29, 1.82) is 0 Å². The Hall–Kier alpha value is -1.82. The molecule has 0 heteroatoms. The average molecular weight is 224 g/mol. The van der Waals surface area contributed by atoms with E-state index in [1.807, 2.05) is 26.0 Å². The SMILES string of the molecule is C=Cc1c(C)cc2ccccc2c1C=C.CC. The number of hydrogen-bond donors (Lipinski definition) is 0. The fourth-order valence-corrected chi connectivity index (χ4v) is 2.03. The topological polar surface area (TPSA) is 0 Å². The van der Waals surface area contributed by atoms with Crippen LogP contribution in [0, 0.1) is 6.92 Å². The summed E-state index contributed by atoms with van der Waals surface area (Å²) in [6, 6.07) is 10.6. The molecule has 0 aliphatic carbocycles. The fraction of sp³-hybridized carbons (Fsp3) is 0.176. The summed E-state index contributed by atoms with van der Waals surface area (Å²) < 4.78 is 0. The van der Waals surface area contributed by atoms with Gasteiger partial charge in [0.1, 0.15) is 0 Å². The zero-order valence-electron chi connectivity index (χ0n) is 11.0. The van der Waals surface area contributed by atoms with E-state index < -0.39 is 0 Å². The molecule has 0 aliphatic rings. The van der Waals surface area contributed by atoms with E-state index >= 15 is 0 Å². The maximum atomic E-state index is 3.88. The first-order valence-electron chi connectivity index (χ1n) is 6.05. The first kappa shape index (κ1) is 13.2. The molecule has 2 aromatic carbocycles. The van der Waals surface area contributed by atoms with E-state index in [2.05, 4.69) is 50.4 Å². The van der Waals surface area contributed by atoms with E-state index in [-0.39, 0.29) is 0 Å². The second-order valence-corrected chi connectivity index (χ2v) is 3.65. The molecule has 0 aromatic heterocycles. The van der Waals surface area contributed by atoms with Crippen LogP contribution in [-0.2, 0) is 0 Å². The van der Waals surface area contributed by atoms with Crippen LogP contribution in [0.15, 0.2) is 43.5 Å². The number of benzene rings is 2. The third-order valence-electron chi connectivity index (χ3n) is 2.75. The molecule has 2 rings (SSSR count). The van der Waals surface area contributed by atoms with Crippen molar-refractivity contribution in [2.45, 2.75) is 20.8 Å². The van der Waals surface area contributed by atoms with Gasteiger partial charge in [-0.05, 0) is 34.4 Å². The highest BCUT2D eigenvalue weighted by Crippen LogP contribution is 2.27. The van der Waals surface area contributed by atoms with Crippen LogP contribution in [0.25, 0.3) is 22.9 Å². The number of aryl methyl sites for hydroxylation is 1. The van der Waals surface area contributed by atoms with Gasteiger partial charge >= 0.3 is 0 Å². The molecule has 0 radical (unpaired) electrons. The maximum absolute atomic E-state index is 3.88. The van der Waals surface area contributed by atoms with E-state index in [0.29, 0.717) is 0 Å². The molecule has 2 aromatic rings. The Morgan fingerprint density at radius 2 is 1.53 bits per heavy atom. The highest BCUT2D eigenvalue weighted by molar-refractivity contribution is 5.94. The molecule has 0 saturated heterocycles. The largest absolute Gasteiger partial charge is 0.0984 e. The van der Waals surface area contributed by atoms with Gasteiger partial charge in [0.25, 0.3) is 0 Å². The van der Waals surface area contributed by atoms with Gasteiger partial charge in [-0.15, -0.1) is 0 Å². The highest BCUT2D eigenvalue weighted by atomic mass is 14.1. The van der Waals surface area contributed by atoms with Crippen molar-refractivity contribution in [2.24, 2.45) is 0 Å². The van der Waals surface area contributed by atoms with Crippen LogP contribution in [0.1, 0.15) is 30.5 Å². The summed E-state index contributed by atoms with van der Waals surface area (Å²) in [6.45, 7) is 13.8. The van der Waals surface area contributed by atoms with Gasteiger partial charge in [0.2, 0.25) is 0 Å². The first-order chi connectivity index (χ1) is 8.27. The Kier molecular flexibility index (Phi) is 4.71. The van der Waals surface area contributed by atoms with Gasteiger partial charge < -0.3 is 0 Å². The van der Waals surface area contributed by atoms with Gasteiger partial charge in [-0.3, -0.25) is 0 Å². The quantitative estimate of drug-likeness (QED) is 0.635. The van der Waals surface area contributed by atoms with Gasteiger partial charge in [-0.25, -0.2) is 0 Å². The minimum absolute atomic E-state index is 1.18. The van der Waals surface area contributed by atoms with Gasteiger partial charge in [0.05, 0.1) is 0 Å². The van der Waals surface area contributed by atoms with Crippen molar-refractivity contribution in [3.8, 4) is 0 Å². The molecular formula is C17H20. The molecule has 0 spiro atoms. The summed E-state index contributed by atoms with van der Waals surface area (Å²) in [5.74, 6) is 0. The minimum Gasteiger partial charge on any atom is -0.0984 e. The van der Waals surface area contributed by atoms with Crippen LogP contribution in [0.3, 0.4) is 0 Å². The van der Waals surface area contributed by atoms with Crippen molar-refractivity contribution in [3.05, 3.63) is 60.2 Å². The van der Waals surface area contributed by atoms with Crippen LogP contribution in [0.5, 0.6) is 0 Å². The van der Waals surface area contributed by atoms with Crippen LogP contribution >= 0.6 is 0 Å². The van der Waals surface area contributed by atoms with E-state index in [1.165, 1.54) is 27.5 Å². The van der Waals surface area contributed by atoms with Crippen LogP contribution in [0.4, 0.5) is 0 Å². The molecule has 0 heterocycles. The number of rotatable bonds is 2. The Morgan fingerprint density at radius 1 is 0.941 bits per heavy atom. The van der Waals surface area contributed by atoms with E-state index in [1.54, 1.807) is 0 Å². The lowest BCUT2D eigenvalue weighted by molar-refractivity contribution is 1.46. The number of hydrogen-bond acceptors (Lipinski definition) is 0. The van der Waals surface area contributed by atoms with Gasteiger partial charge in [0.15, 0.2) is 0 Å². The van der Waals surface area contributed by atoms with Crippen molar-refractivity contribution in [3.63, 3.8) is 0 Å². The highest BCUT2D eigenvalue weighted by Gasteiger charge is 2.05. The summed E-state index contributed by atoms with van der Waals surface area (Å²) in [6.07, 6.45) is 3.81. The van der Waals surface area contributed by atoms with Crippen LogP contribution in [-0.4, -0.2) is 0 Å². The molecule has 0 N–H and O–H groups in total. The third-order valence-corrected chi connectivity index (χ3v) is 2.75. The van der Waals surface area contributed by atoms with Crippen molar-refractivity contribution in [2.75, 3.05) is 0 Å². The smallest absolute Gasteiger partial charge is 0.0105 e. The van der Waals surface area contributed by atoms with Crippen LogP contribution in [0.2, 0.25) is 0 Å². The Balaban J connectivity index is 0.000000686. The van der Waals surface area contributed by atoms with E-state index in [9.17, 15) is 0 Å². The van der Waals surface area contributed by atoms with Crippen molar-refractivity contribution < 1.29 is 0 Å². The predicted octanol–water partition coefficient (Wildman–Crippen LogP) is 5.46. The molecule has 0 nitrogen and oxygen atoms in total. The molecule has 0 atom stereocenters. The molecule has 0 saturated carbocycles. The van der Waals surface area contributed by atoms with E-state index in [4.69, 9.17) is 0 Å². The zero-order chi connectivity index (χ0) is 12.8. The summed E-state index contributed by atoms with van der Waals surface area (Å²) >= 11 is 0. The Morgan fingerprint density at radius 3 is 2.12 bits per heavy atom. The second kappa shape index (κ2) is 6.05. The van der Waals surface area contributed by atoms with Gasteiger partial charge in [-0.1, -0.05) is 69.5 Å². The van der Waals surface area contributed by atoms with Gasteiger partial charge in [-0.2, -0.15) is 0 Å². The zero-order valence-corrected chi connectivity index (χ0v) is 11.0. The lowest BCUT2D eigenvalue weighted by Gasteiger charge is -2.10. The third kappa shape index (κ3) is 2.47. The minimum atomic E-state index is 1.18. The summed E-state index contributed by atoms with van der Waals surface area (Å²) in [5, 5.41) is 2.50. The predicted molar refractivity (Wildman–Crippen MR) is 80.2 cm³/mol. The lowest BCUT2D eigenvalue weighted by Crippen LogP contribution is -1.88. The summed E-state index contributed by atoms with van der Waals surface area (Å²) in [4.78, 5) is 0. The maximum Gasteiger partial charge on any atom is -0.0105 e. The van der Waals surface area contributed by atoms with E-state index in [0.717, 1.165) is 0 Å². The molecule has 88 valence electrons. The fourth-order valence-electron chi connectivity index (χ4n) is 2.03. The van der Waals surface area contributed by atoms with Crippen molar-refractivity contribution in [1.82, 2.24) is 0 Å². The standard InChI is InChI=1S/C15H14.C2H6/c1-4-13-11(3)10-12-8-6-7-9-15(12)14(13)5-2;1-2/h4-10H,1-2H2,3H3;1-2H3. The second-order valence-electron chi connectivity index (χ2n) is 3.65. The average Bonchev–Trinajstić information content (AvgIpc) is 2.39. The van der Waals surface area contributed by atoms with Gasteiger partial charge in [0, 0.05) is 0 Å². The molecule has 0 amide bonds. The normalized spacial score (nSPS) is 9.35. The molecular weight excluding hydrogens is 204 g/mol. The Labute approximate surface area is 104 Å². The van der Waals surface area contributed by atoms with Crippen LogP contribution < -0.4 is 0 Å². The monoisotopic (exact) mass is 224 g/mol. The lowest BCUT2D eigenvalue weighted by atomic mass is 9.95. The summed E-state index contributed by atoms with van der Waals surface area (Å²) in [7, 11) is 0.